The van der Waals surface area contributed by atoms with E-state index in [2.05, 4.69) is 15.6 Å². The first-order valence-corrected chi connectivity index (χ1v) is 5.77. The van der Waals surface area contributed by atoms with E-state index in [1.165, 1.54) is 4.68 Å². The van der Waals surface area contributed by atoms with Crippen LogP contribution >= 0.6 is 0 Å². The minimum Gasteiger partial charge on any atom is -0.396 e. The van der Waals surface area contributed by atoms with Gasteiger partial charge < -0.3 is 10.4 Å². The molecule has 0 bridgehead atoms. The lowest BCUT2D eigenvalue weighted by Crippen LogP contribution is -2.44. The number of hydrogen-bond donors (Lipinski definition) is 2. The van der Waals surface area contributed by atoms with Gasteiger partial charge in [0.15, 0.2) is 0 Å². The number of carbonyl (C=O) groups excluding carboxylic acids is 1. The van der Waals surface area contributed by atoms with Gasteiger partial charge in [0.25, 0.3) is 0 Å². The summed E-state index contributed by atoms with van der Waals surface area (Å²) in [6.07, 6.45) is 3.00. The SMILES string of the molecule is CCC(C)(C)NC(=O)Cn1cc(CCO)nn1. The Hall–Kier alpha value is -1.43. The van der Waals surface area contributed by atoms with Crippen LogP contribution in [0.25, 0.3) is 0 Å². The van der Waals surface area contributed by atoms with Crippen LogP contribution < -0.4 is 5.32 Å². The Morgan fingerprint density at radius 2 is 2.29 bits per heavy atom. The van der Waals surface area contributed by atoms with Crippen molar-refractivity contribution >= 4 is 5.91 Å². The van der Waals surface area contributed by atoms with Crippen molar-refractivity contribution in [1.82, 2.24) is 20.3 Å². The topological polar surface area (TPSA) is 80.0 Å². The first-order valence-electron chi connectivity index (χ1n) is 5.77. The number of aromatic nitrogens is 3. The predicted octanol–water partition coefficient (Wildman–Crippen LogP) is 0.118. The molecule has 96 valence electrons. The van der Waals surface area contributed by atoms with Gasteiger partial charge in [-0.25, -0.2) is 4.68 Å². The van der Waals surface area contributed by atoms with Crippen molar-refractivity contribution < 1.29 is 9.90 Å². The van der Waals surface area contributed by atoms with Gasteiger partial charge in [0, 0.05) is 24.8 Å². The molecule has 0 aromatic carbocycles. The van der Waals surface area contributed by atoms with Gasteiger partial charge in [-0.15, -0.1) is 5.10 Å². The molecular weight excluding hydrogens is 220 g/mol. The number of hydrogen-bond acceptors (Lipinski definition) is 4. The second-order valence-corrected chi connectivity index (χ2v) is 4.67. The standard InChI is InChI=1S/C11H20N4O2/c1-4-11(2,3)12-10(17)8-15-7-9(5-6-16)13-14-15/h7,16H,4-6,8H2,1-3H3,(H,12,17). The van der Waals surface area contributed by atoms with Crippen LogP contribution in [0.2, 0.25) is 0 Å². The molecule has 0 unspecified atom stereocenters. The second kappa shape index (κ2) is 5.77. The van der Waals surface area contributed by atoms with Gasteiger partial charge in [0.05, 0.1) is 5.69 Å². The molecular formula is C11H20N4O2. The minimum absolute atomic E-state index is 0.0355. The van der Waals surface area contributed by atoms with Crippen LogP contribution in [0, 0.1) is 0 Å². The molecule has 0 atom stereocenters. The van der Waals surface area contributed by atoms with Crippen molar-refractivity contribution in [2.24, 2.45) is 0 Å². The Bertz CT molecular complexity index is 373. The summed E-state index contributed by atoms with van der Waals surface area (Å²) in [6, 6.07) is 0. The van der Waals surface area contributed by atoms with Gasteiger partial charge in [-0.05, 0) is 20.3 Å². The molecule has 0 radical (unpaired) electrons. The summed E-state index contributed by atoms with van der Waals surface area (Å²) in [7, 11) is 0. The fraction of sp³-hybridized carbons (Fsp3) is 0.727. The number of rotatable bonds is 6. The lowest BCUT2D eigenvalue weighted by atomic mass is 10.0. The summed E-state index contributed by atoms with van der Waals surface area (Å²) < 4.78 is 1.48. The monoisotopic (exact) mass is 240 g/mol. The molecule has 1 aromatic heterocycles. The molecule has 6 heteroatoms. The predicted molar refractivity (Wildman–Crippen MR) is 63.3 cm³/mol. The van der Waals surface area contributed by atoms with E-state index in [-0.39, 0.29) is 24.6 Å². The molecule has 0 aliphatic rings. The molecule has 1 rings (SSSR count). The Labute approximate surface area is 101 Å². The largest absolute Gasteiger partial charge is 0.396 e. The molecule has 0 spiro atoms. The highest BCUT2D eigenvalue weighted by atomic mass is 16.3. The highest BCUT2D eigenvalue weighted by Gasteiger charge is 2.18. The molecule has 0 saturated carbocycles. The molecule has 2 N–H and O–H groups in total. The van der Waals surface area contributed by atoms with Crippen LogP contribution in [-0.2, 0) is 17.8 Å². The van der Waals surface area contributed by atoms with Gasteiger partial charge in [-0.1, -0.05) is 12.1 Å². The fourth-order valence-corrected chi connectivity index (χ4v) is 1.30. The lowest BCUT2D eigenvalue weighted by Gasteiger charge is -2.24. The number of amides is 1. The van der Waals surface area contributed by atoms with Gasteiger partial charge in [-0.2, -0.15) is 0 Å². The van der Waals surface area contributed by atoms with E-state index in [1.807, 2.05) is 20.8 Å². The lowest BCUT2D eigenvalue weighted by molar-refractivity contribution is -0.123. The van der Waals surface area contributed by atoms with E-state index >= 15 is 0 Å². The highest BCUT2D eigenvalue weighted by molar-refractivity contribution is 5.76. The number of nitrogens with one attached hydrogen (secondary N) is 1. The Kier molecular flexibility index (Phi) is 4.62. The van der Waals surface area contributed by atoms with Crippen LogP contribution in [0.15, 0.2) is 6.20 Å². The third-order valence-electron chi connectivity index (χ3n) is 2.62. The number of carbonyl (C=O) groups is 1. The van der Waals surface area contributed by atoms with Crippen molar-refractivity contribution in [3.8, 4) is 0 Å². The maximum atomic E-state index is 11.7. The van der Waals surface area contributed by atoms with Crippen LogP contribution in [0.5, 0.6) is 0 Å². The molecule has 17 heavy (non-hydrogen) atoms. The third kappa shape index (κ3) is 4.52. The van der Waals surface area contributed by atoms with Gasteiger partial charge in [-0.3, -0.25) is 4.79 Å². The zero-order valence-electron chi connectivity index (χ0n) is 10.6. The second-order valence-electron chi connectivity index (χ2n) is 4.67. The van der Waals surface area contributed by atoms with Crippen molar-refractivity contribution in [2.75, 3.05) is 6.61 Å². The summed E-state index contributed by atoms with van der Waals surface area (Å²) in [4.78, 5) is 11.7. The molecule has 1 amide bonds. The van der Waals surface area contributed by atoms with Crippen molar-refractivity contribution in [3.05, 3.63) is 11.9 Å². The van der Waals surface area contributed by atoms with Crippen molar-refractivity contribution in [1.29, 1.82) is 0 Å². The normalized spacial score (nSPS) is 11.5. The molecule has 1 heterocycles. The number of nitrogens with zero attached hydrogens (tertiary/aromatic N) is 3. The van der Waals surface area contributed by atoms with Gasteiger partial charge in [0.2, 0.25) is 5.91 Å². The first-order chi connectivity index (χ1) is 7.96. The minimum atomic E-state index is -0.203. The highest BCUT2D eigenvalue weighted by Crippen LogP contribution is 2.06. The van der Waals surface area contributed by atoms with Gasteiger partial charge >= 0.3 is 0 Å². The maximum Gasteiger partial charge on any atom is 0.242 e. The Morgan fingerprint density at radius 3 is 2.88 bits per heavy atom. The fourth-order valence-electron chi connectivity index (χ4n) is 1.30. The third-order valence-corrected chi connectivity index (χ3v) is 2.62. The molecule has 6 nitrogen and oxygen atoms in total. The van der Waals surface area contributed by atoms with Gasteiger partial charge in [0.1, 0.15) is 6.54 Å². The average molecular weight is 240 g/mol. The quantitative estimate of drug-likeness (QED) is 0.740. The van der Waals surface area contributed by atoms with E-state index < -0.39 is 0 Å². The summed E-state index contributed by atoms with van der Waals surface area (Å²) in [5.41, 5.74) is 0.487. The molecule has 1 aromatic rings. The average Bonchev–Trinajstić information content (AvgIpc) is 2.65. The summed E-state index contributed by atoms with van der Waals surface area (Å²) in [5, 5.41) is 19.3. The van der Waals surface area contributed by atoms with E-state index in [0.29, 0.717) is 12.1 Å². The Morgan fingerprint density at radius 1 is 1.59 bits per heavy atom. The summed E-state index contributed by atoms with van der Waals surface area (Å²) in [5.74, 6) is -0.0858. The number of aliphatic hydroxyl groups excluding tert-OH is 1. The van der Waals surface area contributed by atoms with E-state index in [9.17, 15) is 4.79 Å². The molecule has 0 saturated heterocycles. The van der Waals surface area contributed by atoms with E-state index in [4.69, 9.17) is 5.11 Å². The first kappa shape index (κ1) is 13.6. The molecule has 0 aliphatic carbocycles. The van der Waals surface area contributed by atoms with Crippen LogP contribution in [0.3, 0.4) is 0 Å². The van der Waals surface area contributed by atoms with Crippen LogP contribution in [0.4, 0.5) is 0 Å². The summed E-state index contributed by atoms with van der Waals surface area (Å²) >= 11 is 0. The summed E-state index contributed by atoms with van der Waals surface area (Å²) in [6.45, 7) is 6.16. The Balaban J connectivity index is 2.50. The van der Waals surface area contributed by atoms with Crippen molar-refractivity contribution in [3.63, 3.8) is 0 Å². The number of aliphatic hydroxyl groups is 1. The zero-order chi connectivity index (χ0) is 12.9. The maximum absolute atomic E-state index is 11.7. The van der Waals surface area contributed by atoms with E-state index in [0.717, 1.165) is 6.42 Å². The smallest absolute Gasteiger partial charge is 0.242 e. The molecule has 0 aliphatic heterocycles. The van der Waals surface area contributed by atoms with Crippen LogP contribution in [0.1, 0.15) is 32.9 Å². The van der Waals surface area contributed by atoms with Crippen molar-refractivity contribution in [2.45, 2.75) is 45.7 Å². The van der Waals surface area contributed by atoms with Crippen LogP contribution in [-0.4, -0.2) is 38.2 Å². The molecule has 0 fully saturated rings. The zero-order valence-corrected chi connectivity index (χ0v) is 10.6. The van der Waals surface area contributed by atoms with E-state index in [1.54, 1.807) is 6.20 Å².